The third-order valence-corrected chi connectivity index (χ3v) is 2.70. The summed E-state index contributed by atoms with van der Waals surface area (Å²) in [6, 6.07) is 3.78. The molecule has 5 heteroatoms. The maximum absolute atomic E-state index is 13.2. The smallest absolute Gasteiger partial charge is 0.151 e. The lowest BCUT2D eigenvalue weighted by Crippen LogP contribution is -2.06. The zero-order valence-corrected chi connectivity index (χ0v) is 9.87. The second-order valence-corrected chi connectivity index (χ2v) is 4.00. The van der Waals surface area contributed by atoms with Gasteiger partial charge < -0.3 is 11.1 Å². The number of hydrogen-bond acceptors (Lipinski definition) is 3. The van der Waals surface area contributed by atoms with Crippen molar-refractivity contribution in [2.45, 2.75) is 13.5 Å². The molecule has 3 nitrogen and oxygen atoms in total. The fourth-order valence-corrected chi connectivity index (χ4v) is 1.62. The molecular weight excluding hydrogens is 236 g/mol. The summed E-state index contributed by atoms with van der Waals surface area (Å²) in [5, 5.41) is 2.92. The fourth-order valence-electron chi connectivity index (χ4n) is 1.62. The molecule has 0 fully saturated rings. The predicted molar refractivity (Wildman–Crippen MR) is 67.1 cm³/mol. The number of aromatic nitrogens is 1. The molecule has 0 radical (unpaired) electrons. The molecule has 0 aliphatic carbocycles. The molecular formula is C13H13F2N3. The van der Waals surface area contributed by atoms with Crippen LogP contribution in [0.15, 0.2) is 30.6 Å². The summed E-state index contributed by atoms with van der Waals surface area (Å²) in [5.41, 5.74) is 7.71. The SMILES string of the molecule is Cc1cnccc1CNc1cc(F)cc(F)c1N. The Bertz CT molecular complexity index is 570. The molecule has 0 spiro atoms. The van der Waals surface area contributed by atoms with Crippen LogP contribution < -0.4 is 11.1 Å². The van der Waals surface area contributed by atoms with Crippen molar-refractivity contribution in [3.05, 3.63) is 53.4 Å². The Morgan fingerprint density at radius 2 is 2.11 bits per heavy atom. The van der Waals surface area contributed by atoms with E-state index in [1.165, 1.54) is 6.07 Å². The quantitative estimate of drug-likeness (QED) is 0.822. The van der Waals surface area contributed by atoms with E-state index in [1.54, 1.807) is 12.4 Å². The molecule has 18 heavy (non-hydrogen) atoms. The van der Waals surface area contributed by atoms with Crippen molar-refractivity contribution in [1.29, 1.82) is 0 Å². The number of benzene rings is 1. The molecule has 0 aliphatic rings. The largest absolute Gasteiger partial charge is 0.395 e. The summed E-state index contributed by atoms with van der Waals surface area (Å²) in [4.78, 5) is 3.97. The van der Waals surface area contributed by atoms with E-state index in [-0.39, 0.29) is 11.4 Å². The van der Waals surface area contributed by atoms with Gasteiger partial charge in [-0.05, 0) is 30.2 Å². The van der Waals surface area contributed by atoms with Crippen LogP contribution in [0.3, 0.4) is 0 Å². The lowest BCUT2D eigenvalue weighted by atomic mass is 10.1. The molecule has 0 bridgehead atoms. The topological polar surface area (TPSA) is 50.9 Å². The zero-order valence-electron chi connectivity index (χ0n) is 9.87. The number of nitrogens with two attached hydrogens (primary N) is 1. The van der Waals surface area contributed by atoms with Crippen LogP contribution in [0.25, 0.3) is 0 Å². The minimum atomic E-state index is -0.760. The number of rotatable bonds is 3. The Labute approximate surface area is 104 Å². The van der Waals surface area contributed by atoms with Crippen molar-refractivity contribution in [3.63, 3.8) is 0 Å². The Hall–Kier alpha value is -2.17. The summed E-state index contributed by atoms with van der Waals surface area (Å²) in [6.07, 6.45) is 3.39. The highest BCUT2D eigenvalue weighted by Gasteiger charge is 2.08. The molecule has 0 amide bonds. The van der Waals surface area contributed by atoms with Crippen molar-refractivity contribution in [1.82, 2.24) is 4.98 Å². The summed E-state index contributed by atoms with van der Waals surface area (Å²) in [6.45, 7) is 2.35. The number of nitrogens with zero attached hydrogens (tertiary/aromatic N) is 1. The first kappa shape index (κ1) is 12.3. The number of anilines is 2. The van der Waals surface area contributed by atoms with Gasteiger partial charge in [0.1, 0.15) is 5.82 Å². The van der Waals surface area contributed by atoms with Crippen molar-refractivity contribution in [3.8, 4) is 0 Å². The van der Waals surface area contributed by atoms with Gasteiger partial charge in [-0.1, -0.05) is 0 Å². The summed E-state index contributed by atoms with van der Waals surface area (Å²) in [5.74, 6) is -1.42. The highest BCUT2D eigenvalue weighted by atomic mass is 19.1. The fraction of sp³-hybridized carbons (Fsp3) is 0.154. The first-order valence-electron chi connectivity index (χ1n) is 5.46. The molecule has 0 aliphatic heterocycles. The summed E-state index contributed by atoms with van der Waals surface area (Å²) in [7, 11) is 0. The van der Waals surface area contributed by atoms with Crippen LogP contribution in [-0.4, -0.2) is 4.98 Å². The van der Waals surface area contributed by atoms with Crippen LogP contribution in [0.4, 0.5) is 20.2 Å². The van der Waals surface area contributed by atoms with Gasteiger partial charge in [0.2, 0.25) is 0 Å². The van der Waals surface area contributed by atoms with Gasteiger partial charge >= 0.3 is 0 Å². The maximum atomic E-state index is 13.2. The Kier molecular flexibility index (Phi) is 3.41. The van der Waals surface area contributed by atoms with Crippen LogP contribution in [0.2, 0.25) is 0 Å². The average Bonchev–Trinajstić information content (AvgIpc) is 2.33. The van der Waals surface area contributed by atoms with Gasteiger partial charge in [0.25, 0.3) is 0 Å². The van der Waals surface area contributed by atoms with Crippen molar-refractivity contribution < 1.29 is 8.78 Å². The number of nitrogen functional groups attached to an aromatic ring is 1. The van der Waals surface area contributed by atoms with Gasteiger partial charge in [-0.2, -0.15) is 0 Å². The summed E-state index contributed by atoms with van der Waals surface area (Å²) < 4.78 is 26.3. The van der Waals surface area contributed by atoms with E-state index in [9.17, 15) is 8.78 Å². The zero-order chi connectivity index (χ0) is 13.1. The summed E-state index contributed by atoms with van der Waals surface area (Å²) >= 11 is 0. The Balaban J connectivity index is 2.18. The molecule has 1 aromatic carbocycles. The van der Waals surface area contributed by atoms with Crippen LogP contribution in [-0.2, 0) is 6.54 Å². The molecule has 0 saturated carbocycles. The van der Waals surface area contributed by atoms with E-state index in [4.69, 9.17) is 5.73 Å². The van der Waals surface area contributed by atoms with Gasteiger partial charge in [0, 0.05) is 25.0 Å². The van der Waals surface area contributed by atoms with E-state index >= 15 is 0 Å². The monoisotopic (exact) mass is 249 g/mol. The number of halogens is 2. The van der Waals surface area contributed by atoms with E-state index in [0.29, 0.717) is 6.54 Å². The highest BCUT2D eigenvalue weighted by molar-refractivity contribution is 5.66. The number of aryl methyl sites for hydroxylation is 1. The number of hydrogen-bond donors (Lipinski definition) is 2. The standard InChI is InChI=1S/C13H13F2N3/c1-8-6-17-3-2-9(8)7-18-12-5-10(14)4-11(15)13(12)16/h2-6,18H,7,16H2,1H3. The maximum Gasteiger partial charge on any atom is 0.151 e. The van der Waals surface area contributed by atoms with Crippen LogP contribution >= 0.6 is 0 Å². The highest BCUT2D eigenvalue weighted by Crippen LogP contribution is 2.24. The lowest BCUT2D eigenvalue weighted by Gasteiger charge is -2.11. The van der Waals surface area contributed by atoms with E-state index in [2.05, 4.69) is 10.3 Å². The third kappa shape index (κ3) is 2.56. The molecule has 94 valence electrons. The first-order chi connectivity index (χ1) is 8.58. The molecule has 2 aromatic rings. The minimum Gasteiger partial charge on any atom is -0.395 e. The average molecular weight is 249 g/mol. The third-order valence-electron chi connectivity index (χ3n) is 2.70. The van der Waals surface area contributed by atoms with Crippen LogP contribution in [0.5, 0.6) is 0 Å². The molecule has 2 rings (SSSR count). The Morgan fingerprint density at radius 3 is 2.83 bits per heavy atom. The van der Waals surface area contributed by atoms with Crippen LogP contribution in [0, 0.1) is 18.6 Å². The molecule has 0 atom stereocenters. The minimum absolute atomic E-state index is 0.0805. The number of nitrogens with one attached hydrogen (secondary N) is 1. The van der Waals surface area contributed by atoms with Crippen LogP contribution in [0.1, 0.15) is 11.1 Å². The van der Waals surface area contributed by atoms with Gasteiger partial charge in [0.05, 0.1) is 11.4 Å². The van der Waals surface area contributed by atoms with Gasteiger partial charge in [-0.25, -0.2) is 8.78 Å². The molecule has 1 heterocycles. The second kappa shape index (κ2) is 5.00. The second-order valence-electron chi connectivity index (χ2n) is 4.00. The van der Waals surface area contributed by atoms with Crippen molar-refractivity contribution >= 4 is 11.4 Å². The molecule has 0 saturated heterocycles. The lowest BCUT2D eigenvalue weighted by molar-refractivity contribution is 0.587. The van der Waals surface area contributed by atoms with E-state index in [0.717, 1.165) is 17.2 Å². The first-order valence-corrected chi connectivity index (χ1v) is 5.46. The van der Waals surface area contributed by atoms with Gasteiger partial charge in [-0.3, -0.25) is 4.98 Å². The van der Waals surface area contributed by atoms with E-state index < -0.39 is 11.6 Å². The predicted octanol–water partition coefficient (Wildman–Crippen LogP) is 2.86. The van der Waals surface area contributed by atoms with Crippen molar-refractivity contribution in [2.24, 2.45) is 0 Å². The van der Waals surface area contributed by atoms with Gasteiger partial charge in [0.15, 0.2) is 5.82 Å². The van der Waals surface area contributed by atoms with Gasteiger partial charge in [-0.15, -0.1) is 0 Å². The number of pyridine rings is 1. The van der Waals surface area contributed by atoms with E-state index in [1.807, 2.05) is 13.0 Å². The molecule has 0 unspecified atom stereocenters. The van der Waals surface area contributed by atoms with Crippen molar-refractivity contribution in [2.75, 3.05) is 11.1 Å². The molecule has 1 aromatic heterocycles. The normalized spacial score (nSPS) is 10.4. The molecule has 3 N–H and O–H groups in total. The Morgan fingerprint density at radius 1 is 1.33 bits per heavy atom.